The highest BCUT2D eigenvalue weighted by Gasteiger charge is 2.31. The lowest BCUT2D eigenvalue weighted by molar-refractivity contribution is -0.146. The Morgan fingerprint density at radius 1 is 1.15 bits per heavy atom. The van der Waals surface area contributed by atoms with Crippen LogP contribution in [0.1, 0.15) is 18.4 Å². The number of fused-ring (bicyclic) bond motifs is 1. The van der Waals surface area contributed by atoms with Gasteiger partial charge in [-0.15, -0.1) is 0 Å². The molecule has 0 amide bonds. The number of sulfonamides is 1. The van der Waals surface area contributed by atoms with Gasteiger partial charge in [0.15, 0.2) is 6.61 Å². The number of ether oxygens (including phenoxy) is 3. The van der Waals surface area contributed by atoms with Crippen LogP contribution in [-0.2, 0) is 26.2 Å². The van der Waals surface area contributed by atoms with Crippen LogP contribution in [-0.4, -0.2) is 50.6 Å². The molecule has 1 aromatic heterocycles. The lowest BCUT2D eigenvalue weighted by Gasteiger charge is -2.08. The minimum atomic E-state index is -3.70. The number of amidine groups is 1. The zero-order valence-corrected chi connectivity index (χ0v) is 18.8. The van der Waals surface area contributed by atoms with Crippen molar-refractivity contribution < 1.29 is 31.9 Å². The molecule has 1 unspecified atom stereocenters. The van der Waals surface area contributed by atoms with Gasteiger partial charge in [-0.25, -0.2) is 13.2 Å². The normalized spacial score (nSPS) is 16.0. The largest absolute Gasteiger partial charge is 0.497 e. The second-order valence-corrected chi connectivity index (χ2v) is 8.59. The highest BCUT2D eigenvalue weighted by atomic mass is 32.2. The van der Waals surface area contributed by atoms with Crippen LogP contribution < -0.4 is 14.2 Å². The van der Waals surface area contributed by atoms with Gasteiger partial charge in [0.2, 0.25) is 5.82 Å². The van der Waals surface area contributed by atoms with Crippen LogP contribution in [0.5, 0.6) is 11.5 Å². The van der Waals surface area contributed by atoms with E-state index in [9.17, 15) is 13.2 Å². The van der Waals surface area contributed by atoms with Crippen molar-refractivity contribution in [1.29, 1.82) is 0 Å². The summed E-state index contributed by atoms with van der Waals surface area (Å²) in [7, 11) is -0.650. The third-order valence-corrected chi connectivity index (χ3v) is 6.18. The van der Waals surface area contributed by atoms with Crippen molar-refractivity contribution in [2.75, 3.05) is 14.2 Å². The number of aromatic nitrogens is 2. The Morgan fingerprint density at radius 3 is 2.70 bits per heavy atom. The third-order valence-electron chi connectivity index (χ3n) is 4.78. The van der Waals surface area contributed by atoms with Crippen molar-refractivity contribution in [3.05, 3.63) is 53.9 Å². The van der Waals surface area contributed by atoms with Gasteiger partial charge in [-0.2, -0.15) is 4.98 Å². The van der Waals surface area contributed by atoms with Gasteiger partial charge in [0.1, 0.15) is 23.4 Å². The summed E-state index contributed by atoms with van der Waals surface area (Å²) >= 11 is 0. The molecule has 1 N–H and O–H groups in total. The Bertz CT molecular complexity index is 1330. The van der Waals surface area contributed by atoms with E-state index in [2.05, 4.69) is 19.9 Å². The third kappa shape index (κ3) is 4.51. The summed E-state index contributed by atoms with van der Waals surface area (Å²) in [6.45, 7) is 1.22. The fourth-order valence-corrected chi connectivity index (χ4v) is 4.37. The van der Waals surface area contributed by atoms with Crippen molar-refractivity contribution in [3.63, 3.8) is 0 Å². The lowest BCUT2D eigenvalue weighted by Crippen LogP contribution is -2.26. The van der Waals surface area contributed by atoms with Crippen LogP contribution in [0.2, 0.25) is 0 Å². The number of nitrogens with one attached hydrogen (secondary N) is 1. The average Bonchev–Trinajstić information content (AvgIpc) is 3.39. The van der Waals surface area contributed by atoms with Crippen molar-refractivity contribution in [2.45, 2.75) is 24.5 Å². The molecule has 0 aliphatic carbocycles. The molecule has 2 aromatic carbocycles. The maximum Gasteiger partial charge on any atom is 0.331 e. The van der Waals surface area contributed by atoms with E-state index in [0.717, 1.165) is 0 Å². The fourth-order valence-electron chi connectivity index (χ4n) is 3.14. The Morgan fingerprint density at radius 2 is 1.94 bits per heavy atom. The molecule has 0 fully saturated rings. The van der Waals surface area contributed by atoms with Crippen molar-refractivity contribution in [2.24, 2.45) is 4.99 Å². The van der Waals surface area contributed by atoms with E-state index in [4.69, 9.17) is 18.7 Å². The van der Waals surface area contributed by atoms with Crippen LogP contribution in [0.3, 0.4) is 0 Å². The second kappa shape index (κ2) is 8.90. The summed E-state index contributed by atoms with van der Waals surface area (Å²) in [6, 6.07) is 10.5. The predicted octanol–water partition coefficient (Wildman–Crippen LogP) is 1.92. The number of aliphatic imine (C=N–C) groups is 1. The zero-order valence-electron chi connectivity index (χ0n) is 17.9. The van der Waals surface area contributed by atoms with Crippen LogP contribution in [0.15, 0.2) is 56.9 Å². The number of nitrogens with zero attached hydrogens (tertiary/aromatic N) is 3. The van der Waals surface area contributed by atoms with Crippen LogP contribution in [0, 0.1) is 0 Å². The quantitative estimate of drug-likeness (QED) is 0.510. The molecule has 12 heteroatoms. The van der Waals surface area contributed by atoms with Gasteiger partial charge >= 0.3 is 5.97 Å². The van der Waals surface area contributed by atoms with Gasteiger partial charge in [0.25, 0.3) is 15.9 Å². The topological polar surface area (TPSA) is 142 Å². The van der Waals surface area contributed by atoms with Gasteiger partial charge in [-0.05, 0) is 31.2 Å². The number of hydrogen-bond donors (Lipinski definition) is 1. The summed E-state index contributed by atoms with van der Waals surface area (Å²) in [5.74, 6) is 0.821. The highest BCUT2D eigenvalue weighted by molar-refractivity contribution is 7.90. The molecule has 3 aromatic rings. The van der Waals surface area contributed by atoms with E-state index < -0.39 is 22.0 Å². The van der Waals surface area contributed by atoms with E-state index in [1.54, 1.807) is 43.5 Å². The highest BCUT2D eigenvalue weighted by Crippen LogP contribution is 2.31. The molecule has 0 saturated carbocycles. The van der Waals surface area contributed by atoms with Gasteiger partial charge in [0, 0.05) is 11.6 Å². The van der Waals surface area contributed by atoms with Gasteiger partial charge in [-0.3, -0.25) is 9.71 Å². The molecular formula is C21H20N4O7S. The first-order valence-corrected chi connectivity index (χ1v) is 11.2. The molecule has 0 spiro atoms. The molecule has 1 aliphatic heterocycles. The molecule has 172 valence electrons. The first-order chi connectivity index (χ1) is 15.8. The molecule has 0 radical (unpaired) electrons. The Balaban J connectivity index is 1.43. The van der Waals surface area contributed by atoms with Gasteiger partial charge in [0.05, 0.1) is 24.7 Å². The molecular weight excluding hydrogens is 452 g/mol. The number of carbonyl (C=O) groups excluding carboxylic acids is 1. The molecule has 1 aliphatic rings. The van der Waals surface area contributed by atoms with Crippen LogP contribution in [0.4, 0.5) is 0 Å². The monoisotopic (exact) mass is 472 g/mol. The molecule has 0 saturated heterocycles. The summed E-state index contributed by atoms with van der Waals surface area (Å²) in [5, 5.41) is 3.90. The number of esters is 1. The zero-order chi connectivity index (χ0) is 23.6. The maximum atomic E-state index is 12.4. The van der Waals surface area contributed by atoms with Crippen LogP contribution >= 0.6 is 0 Å². The Labute approximate surface area is 189 Å². The number of rotatable bonds is 7. The number of carbonyl (C=O) groups is 1. The molecule has 0 bridgehead atoms. The molecule has 4 rings (SSSR count). The smallest absolute Gasteiger partial charge is 0.331 e. The van der Waals surface area contributed by atoms with E-state index in [-0.39, 0.29) is 29.1 Å². The van der Waals surface area contributed by atoms with E-state index in [1.165, 1.54) is 20.1 Å². The standard InChI is InChI=1S/C21H20N4O7S/c1-12(22-20-15-6-4-5-7-17(15)33(27,28)25-20)21(26)31-11-18-23-19(24-32-18)14-9-8-13(29-2)10-16(14)30-3/h4-10,12H,11H2,1-3H3,(H,22,25). The molecule has 33 heavy (non-hydrogen) atoms. The summed E-state index contributed by atoms with van der Waals surface area (Å²) in [5.41, 5.74) is 0.971. The van der Waals surface area contributed by atoms with Crippen molar-refractivity contribution in [1.82, 2.24) is 14.9 Å². The van der Waals surface area contributed by atoms with Gasteiger partial charge in [-0.1, -0.05) is 17.3 Å². The number of benzene rings is 2. The summed E-state index contributed by atoms with van der Waals surface area (Å²) in [6.07, 6.45) is 0. The molecule has 11 nitrogen and oxygen atoms in total. The fraction of sp³-hybridized carbons (Fsp3) is 0.238. The summed E-state index contributed by atoms with van der Waals surface area (Å²) < 4.78 is 47.6. The predicted molar refractivity (Wildman–Crippen MR) is 115 cm³/mol. The van der Waals surface area contributed by atoms with E-state index in [0.29, 0.717) is 22.6 Å². The van der Waals surface area contributed by atoms with Gasteiger partial charge < -0.3 is 18.7 Å². The number of methoxy groups -OCH3 is 2. The average molecular weight is 472 g/mol. The summed E-state index contributed by atoms with van der Waals surface area (Å²) in [4.78, 5) is 20.9. The maximum absolute atomic E-state index is 12.4. The minimum absolute atomic E-state index is 0.0722. The first-order valence-electron chi connectivity index (χ1n) is 9.74. The molecule has 2 heterocycles. The van der Waals surface area contributed by atoms with E-state index >= 15 is 0 Å². The Hall–Kier alpha value is -3.93. The van der Waals surface area contributed by atoms with Crippen molar-refractivity contribution >= 4 is 21.8 Å². The lowest BCUT2D eigenvalue weighted by atomic mass is 10.2. The first kappa shape index (κ1) is 22.3. The van der Waals surface area contributed by atoms with Crippen molar-refractivity contribution in [3.8, 4) is 22.9 Å². The van der Waals surface area contributed by atoms with E-state index in [1.807, 2.05) is 0 Å². The second-order valence-electron chi connectivity index (χ2n) is 6.94. The number of hydrogen-bond acceptors (Lipinski definition) is 10. The SMILES string of the molecule is COc1ccc(-c2noc(COC(=O)C(C)N=C3NS(=O)(=O)c4ccccc43)n2)c(OC)c1. The minimum Gasteiger partial charge on any atom is -0.497 e. The Kier molecular flexibility index (Phi) is 6.01. The van der Waals surface area contributed by atoms with Crippen LogP contribution in [0.25, 0.3) is 11.4 Å². The molecule has 1 atom stereocenters.